The first kappa shape index (κ1) is 13.8. The number of aromatic nitrogens is 2. The van der Waals surface area contributed by atoms with Crippen LogP contribution in [0.4, 0.5) is 0 Å². The lowest BCUT2D eigenvalue weighted by molar-refractivity contribution is -0.120. The lowest BCUT2D eigenvalue weighted by Gasteiger charge is -2.10. The predicted molar refractivity (Wildman–Crippen MR) is 77.0 cm³/mol. The zero-order valence-electron chi connectivity index (χ0n) is 11.2. The van der Waals surface area contributed by atoms with E-state index in [9.17, 15) is 9.59 Å². The van der Waals surface area contributed by atoms with E-state index in [1.807, 2.05) is 12.1 Å². The Hall–Kier alpha value is -2.61. The number of carbonyl (C=O) groups excluding carboxylic acids is 1. The van der Waals surface area contributed by atoms with Crippen molar-refractivity contribution in [1.29, 1.82) is 0 Å². The lowest BCUT2D eigenvalue weighted by Crippen LogP contribution is -2.28. The molecule has 0 fully saturated rings. The Balaban J connectivity index is 2.52. The van der Waals surface area contributed by atoms with Gasteiger partial charge in [-0.1, -0.05) is 31.0 Å². The SMILES string of the molecule is C#CCn1nc(CNC(=O)CC)c2ccccc2c1=O. The van der Waals surface area contributed by atoms with Crippen molar-refractivity contribution in [3.63, 3.8) is 0 Å². The molecular formula is C15H15N3O2. The second kappa shape index (κ2) is 6.02. The molecule has 20 heavy (non-hydrogen) atoms. The van der Waals surface area contributed by atoms with Crippen LogP contribution in [0.1, 0.15) is 19.0 Å². The standard InChI is InChI=1S/C15H15N3O2/c1-3-9-18-15(20)12-8-6-5-7-11(12)13(17-18)10-16-14(19)4-2/h1,5-8H,4,9-10H2,2H3,(H,16,19). The Kier molecular flexibility index (Phi) is 4.16. The van der Waals surface area contributed by atoms with Gasteiger partial charge in [0.25, 0.3) is 5.56 Å². The number of amides is 1. The summed E-state index contributed by atoms with van der Waals surface area (Å²) in [7, 11) is 0. The van der Waals surface area contributed by atoms with E-state index in [-0.39, 0.29) is 24.6 Å². The Morgan fingerprint density at radius 3 is 2.75 bits per heavy atom. The summed E-state index contributed by atoms with van der Waals surface area (Å²) in [5.74, 6) is 2.34. The molecular weight excluding hydrogens is 254 g/mol. The summed E-state index contributed by atoms with van der Waals surface area (Å²) >= 11 is 0. The average molecular weight is 269 g/mol. The fourth-order valence-corrected chi connectivity index (χ4v) is 1.94. The van der Waals surface area contributed by atoms with Crippen molar-refractivity contribution >= 4 is 16.7 Å². The lowest BCUT2D eigenvalue weighted by atomic mass is 10.1. The molecule has 5 nitrogen and oxygen atoms in total. The topological polar surface area (TPSA) is 64.0 Å². The van der Waals surface area contributed by atoms with Gasteiger partial charge in [0.05, 0.1) is 17.6 Å². The average Bonchev–Trinajstić information content (AvgIpc) is 2.48. The quantitative estimate of drug-likeness (QED) is 0.844. The van der Waals surface area contributed by atoms with E-state index in [4.69, 9.17) is 6.42 Å². The molecule has 1 amide bonds. The van der Waals surface area contributed by atoms with E-state index in [0.717, 1.165) is 5.39 Å². The zero-order valence-corrected chi connectivity index (χ0v) is 11.2. The summed E-state index contributed by atoms with van der Waals surface area (Å²) in [6.45, 7) is 2.16. The second-order valence-corrected chi connectivity index (χ2v) is 4.29. The number of fused-ring (bicyclic) bond motifs is 1. The molecule has 0 aliphatic rings. The van der Waals surface area contributed by atoms with Crippen LogP contribution in [0.15, 0.2) is 29.1 Å². The van der Waals surface area contributed by atoms with Crippen molar-refractivity contribution < 1.29 is 4.79 Å². The maximum Gasteiger partial charge on any atom is 0.275 e. The second-order valence-electron chi connectivity index (χ2n) is 4.29. The summed E-state index contributed by atoms with van der Waals surface area (Å²) in [4.78, 5) is 23.5. The van der Waals surface area contributed by atoms with Crippen molar-refractivity contribution in [3.8, 4) is 12.3 Å². The molecule has 1 N–H and O–H groups in total. The predicted octanol–water partition coefficient (Wildman–Crippen LogP) is 1.06. The highest BCUT2D eigenvalue weighted by Gasteiger charge is 2.10. The van der Waals surface area contributed by atoms with Gasteiger partial charge in [0.2, 0.25) is 5.91 Å². The van der Waals surface area contributed by atoms with E-state index in [1.165, 1.54) is 4.68 Å². The van der Waals surface area contributed by atoms with Crippen molar-refractivity contribution in [2.45, 2.75) is 26.4 Å². The minimum Gasteiger partial charge on any atom is -0.350 e. The molecule has 0 spiro atoms. The monoisotopic (exact) mass is 269 g/mol. The van der Waals surface area contributed by atoms with Crippen LogP contribution >= 0.6 is 0 Å². The van der Waals surface area contributed by atoms with Gasteiger partial charge in [-0.2, -0.15) is 5.10 Å². The molecule has 2 aromatic rings. The van der Waals surface area contributed by atoms with Crippen LogP contribution in [0.3, 0.4) is 0 Å². The number of benzene rings is 1. The van der Waals surface area contributed by atoms with Gasteiger partial charge in [0, 0.05) is 11.8 Å². The van der Waals surface area contributed by atoms with Crippen molar-refractivity contribution in [2.24, 2.45) is 0 Å². The Morgan fingerprint density at radius 2 is 2.10 bits per heavy atom. The molecule has 0 saturated heterocycles. The van der Waals surface area contributed by atoms with Crippen LogP contribution in [-0.4, -0.2) is 15.7 Å². The van der Waals surface area contributed by atoms with Crippen LogP contribution in [0.25, 0.3) is 10.8 Å². The highest BCUT2D eigenvalue weighted by molar-refractivity contribution is 5.84. The van der Waals surface area contributed by atoms with Gasteiger partial charge in [-0.3, -0.25) is 9.59 Å². The fourth-order valence-electron chi connectivity index (χ4n) is 1.94. The number of terminal acetylenes is 1. The maximum atomic E-state index is 12.2. The van der Waals surface area contributed by atoms with Gasteiger partial charge in [0.15, 0.2) is 0 Å². The summed E-state index contributed by atoms with van der Waals surface area (Å²) in [6, 6.07) is 7.17. The van der Waals surface area contributed by atoms with Gasteiger partial charge >= 0.3 is 0 Å². The third-order valence-corrected chi connectivity index (χ3v) is 2.96. The summed E-state index contributed by atoms with van der Waals surface area (Å²) < 4.78 is 1.25. The number of hydrogen-bond acceptors (Lipinski definition) is 3. The molecule has 0 unspecified atom stereocenters. The number of carbonyl (C=O) groups is 1. The van der Waals surface area contributed by atoms with E-state index in [1.54, 1.807) is 19.1 Å². The first-order valence-electron chi connectivity index (χ1n) is 6.36. The number of rotatable bonds is 4. The summed E-state index contributed by atoms with van der Waals surface area (Å²) in [5.41, 5.74) is 0.418. The van der Waals surface area contributed by atoms with Crippen molar-refractivity contribution in [1.82, 2.24) is 15.1 Å². The highest BCUT2D eigenvalue weighted by atomic mass is 16.1. The van der Waals surface area contributed by atoms with Gasteiger partial charge in [-0.15, -0.1) is 6.42 Å². The van der Waals surface area contributed by atoms with E-state index < -0.39 is 0 Å². The van der Waals surface area contributed by atoms with E-state index in [2.05, 4.69) is 16.3 Å². The molecule has 102 valence electrons. The maximum absolute atomic E-state index is 12.2. The summed E-state index contributed by atoms with van der Waals surface area (Å²) in [5, 5.41) is 8.30. The van der Waals surface area contributed by atoms with Crippen LogP contribution in [0.2, 0.25) is 0 Å². The summed E-state index contributed by atoms with van der Waals surface area (Å²) in [6.07, 6.45) is 5.65. The van der Waals surface area contributed by atoms with Crippen LogP contribution in [-0.2, 0) is 17.9 Å². The number of nitrogens with one attached hydrogen (secondary N) is 1. The molecule has 1 aromatic carbocycles. The highest BCUT2D eigenvalue weighted by Crippen LogP contribution is 2.12. The van der Waals surface area contributed by atoms with Crippen LogP contribution < -0.4 is 10.9 Å². The van der Waals surface area contributed by atoms with Crippen molar-refractivity contribution in [2.75, 3.05) is 0 Å². The molecule has 0 aliphatic carbocycles. The molecule has 0 saturated carbocycles. The molecule has 0 aliphatic heterocycles. The van der Waals surface area contributed by atoms with Gasteiger partial charge in [-0.25, -0.2) is 4.68 Å². The third kappa shape index (κ3) is 2.69. The molecule has 0 atom stereocenters. The largest absolute Gasteiger partial charge is 0.350 e. The molecule has 2 rings (SSSR count). The van der Waals surface area contributed by atoms with Crippen LogP contribution in [0, 0.1) is 12.3 Å². The Bertz CT molecular complexity index is 741. The smallest absolute Gasteiger partial charge is 0.275 e. The minimum atomic E-state index is -0.218. The Labute approximate surface area is 116 Å². The number of hydrogen-bond donors (Lipinski definition) is 1. The van der Waals surface area contributed by atoms with Crippen LogP contribution in [0.5, 0.6) is 0 Å². The van der Waals surface area contributed by atoms with Gasteiger partial charge < -0.3 is 5.32 Å². The van der Waals surface area contributed by atoms with Gasteiger partial charge in [0.1, 0.15) is 6.54 Å². The first-order chi connectivity index (χ1) is 9.67. The normalized spacial score (nSPS) is 10.2. The number of nitrogens with zero attached hydrogens (tertiary/aromatic N) is 2. The molecule has 5 heteroatoms. The van der Waals surface area contributed by atoms with E-state index >= 15 is 0 Å². The third-order valence-electron chi connectivity index (χ3n) is 2.96. The fraction of sp³-hybridized carbons (Fsp3) is 0.267. The Morgan fingerprint density at radius 1 is 1.40 bits per heavy atom. The van der Waals surface area contributed by atoms with E-state index in [0.29, 0.717) is 17.5 Å². The van der Waals surface area contributed by atoms with Gasteiger partial charge in [-0.05, 0) is 6.07 Å². The molecule has 1 aromatic heterocycles. The first-order valence-corrected chi connectivity index (χ1v) is 6.36. The minimum absolute atomic E-state index is 0.0643. The zero-order chi connectivity index (χ0) is 14.5. The molecule has 0 radical (unpaired) electrons. The van der Waals surface area contributed by atoms with Crippen molar-refractivity contribution in [3.05, 3.63) is 40.3 Å². The molecule has 0 bridgehead atoms. The molecule has 1 heterocycles.